The van der Waals surface area contributed by atoms with Crippen molar-refractivity contribution >= 4 is 56.2 Å². The molecule has 2 rings (SSSR count). The number of rotatable bonds is 4. The quantitative estimate of drug-likeness (QED) is 0.581. The van der Waals surface area contributed by atoms with Crippen LogP contribution in [0, 0.1) is 0 Å². The van der Waals surface area contributed by atoms with Gasteiger partial charge in [-0.2, -0.15) is 0 Å². The van der Waals surface area contributed by atoms with Gasteiger partial charge in [0.25, 0.3) is 5.91 Å². The van der Waals surface area contributed by atoms with Crippen molar-refractivity contribution in [3.63, 3.8) is 0 Å². The molecule has 1 aliphatic heterocycles. The summed E-state index contributed by atoms with van der Waals surface area (Å²) in [5, 5.41) is 0. The number of ether oxygens (including phenoxy) is 2. The third-order valence-electron chi connectivity index (χ3n) is 2.94. The van der Waals surface area contributed by atoms with Crippen molar-refractivity contribution in [3.05, 3.63) is 27.1 Å². The number of hydrogen-bond acceptors (Lipinski definition) is 5. The average molecular weight is 388 g/mol. The maximum Gasteiger partial charge on any atom is 0.266 e. The summed E-state index contributed by atoms with van der Waals surface area (Å²) in [5.41, 5.74) is 0.844. The van der Waals surface area contributed by atoms with E-state index >= 15 is 0 Å². The van der Waals surface area contributed by atoms with Crippen molar-refractivity contribution in [1.82, 2.24) is 4.90 Å². The highest BCUT2D eigenvalue weighted by Gasteiger charge is 2.30. The average Bonchev–Trinajstić information content (AvgIpc) is 2.72. The lowest BCUT2D eigenvalue weighted by atomic mass is 10.2. The molecule has 4 nitrogen and oxygen atoms in total. The van der Waals surface area contributed by atoms with Gasteiger partial charge < -0.3 is 9.47 Å². The zero-order chi connectivity index (χ0) is 15.6. The Balaban J connectivity index is 2.40. The Morgan fingerprint density at radius 1 is 1.38 bits per heavy atom. The third kappa shape index (κ3) is 3.25. The highest BCUT2D eigenvalue weighted by atomic mass is 79.9. The van der Waals surface area contributed by atoms with E-state index in [1.54, 1.807) is 19.1 Å². The van der Waals surface area contributed by atoms with E-state index in [4.69, 9.17) is 21.7 Å². The van der Waals surface area contributed by atoms with Gasteiger partial charge in [-0.1, -0.05) is 24.0 Å². The number of thioether (sulfide) groups is 1. The van der Waals surface area contributed by atoms with E-state index in [-0.39, 0.29) is 5.91 Å². The molecule has 1 aliphatic rings. The molecule has 0 spiro atoms. The summed E-state index contributed by atoms with van der Waals surface area (Å²) in [6.45, 7) is 2.48. The van der Waals surface area contributed by atoms with Crippen molar-refractivity contribution < 1.29 is 14.3 Å². The Morgan fingerprint density at radius 3 is 2.62 bits per heavy atom. The normalized spacial score (nSPS) is 16.8. The molecule has 0 aromatic heterocycles. The molecule has 0 unspecified atom stereocenters. The van der Waals surface area contributed by atoms with Crippen molar-refractivity contribution in [2.24, 2.45) is 0 Å². The molecule has 0 atom stereocenters. The Morgan fingerprint density at radius 2 is 2.10 bits per heavy atom. The molecular weight excluding hydrogens is 374 g/mol. The first-order valence-electron chi connectivity index (χ1n) is 6.18. The van der Waals surface area contributed by atoms with E-state index in [2.05, 4.69) is 15.9 Å². The molecule has 1 aromatic rings. The molecule has 1 heterocycles. The second-order valence-electron chi connectivity index (χ2n) is 4.16. The molecular formula is C14H14BrNO3S2. The predicted octanol–water partition coefficient (Wildman–Crippen LogP) is 3.69. The highest BCUT2D eigenvalue weighted by Crippen LogP contribution is 2.38. The van der Waals surface area contributed by atoms with Crippen LogP contribution < -0.4 is 9.47 Å². The van der Waals surface area contributed by atoms with E-state index in [0.29, 0.717) is 27.3 Å². The van der Waals surface area contributed by atoms with Gasteiger partial charge in [-0.25, -0.2) is 0 Å². The minimum atomic E-state index is -0.0570. The number of methoxy groups -OCH3 is 2. The molecule has 0 saturated carbocycles. The van der Waals surface area contributed by atoms with Gasteiger partial charge in [-0.3, -0.25) is 9.69 Å². The zero-order valence-corrected chi connectivity index (χ0v) is 15.0. The number of amides is 1. The van der Waals surface area contributed by atoms with Crippen LogP contribution in [0.25, 0.3) is 6.08 Å². The second kappa shape index (κ2) is 6.81. The molecule has 0 aliphatic carbocycles. The molecule has 1 fully saturated rings. The largest absolute Gasteiger partial charge is 0.493 e. The SMILES string of the molecule is CCN1C(=O)/C(=C/c2cc(Br)c(OC)c(OC)c2)SC1=S. The topological polar surface area (TPSA) is 38.8 Å². The maximum absolute atomic E-state index is 12.2. The number of carbonyl (C=O) groups excluding carboxylic acids is 1. The van der Waals surface area contributed by atoms with Crippen molar-refractivity contribution in [2.75, 3.05) is 20.8 Å². The summed E-state index contributed by atoms with van der Waals surface area (Å²) in [6.07, 6.45) is 1.81. The Hall–Kier alpha value is -1.05. The van der Waals surface area contributed by atoms with E-state index in [9.17, 15) is 4.79 Å². The van der Waals surface area contributed by atoms with Crippen LogP contribution in [0.15, 0.2) is 21.5 Å². The van der Waals surface area contributed by atoms with Crippen LogP contribution in [0.4, 0.5) is 0 Å². The molecule has 1 amide bonds. The van der Waals surface area contributed by atoms with Crippen molar-refractivity contribution in [2.45, 2.75) is 6.92 Å². The van der Waals surface area contributed by atoms with Crippen LogP contribution in [-0.2, 0) is 4.79 Å². The third-order valence-corrected chi connectivity index (χ3v) is 4.91. The fraction of sp³-hybridized carbons (Fsp3) is 0.286. The number of halogens is 1. The van der Waals surface area contributed by atoms with E-state index in [1.807, 2.05) is 25.1 Å². The first kappa shape index (κ1) is 16.3. The number of carbonyl (C=O) groups is 1. The first-order valence-corrected chi connectivity index (χ1v) is 8.20. The lowest BCUT2D eigenvalue weighted by Gasteiger charge is -2.11. The Kier molecular flexibility index (Phi) is 5.29. The highest BCUT2D eigenvalue weighted by molar-refractivity contribution is 9.10. The summed E-state index contributed by atoms with van der Waals surface area (Å²) in [4.78, 5) is 14.4. The van der Waals surface area contributed by atoms with E-state index in [0.717, 1.165) is 10.0 Å². The van der Waals surface area contributed by atoms with Gasteiger partial charge in [-0.15, -0.1) is 0 Å². The number of benzene rings is 1. The first-order chi connectivity index (χ1) is 10.0. The fourth-order valence-electron chi connectivity index (χ4n) is 1.95. The predicted molar refractivity (Wildman–Crippen MR) is 92.8 cm³/mol. The van der Waals surface area contributed by atoms with Crippen LogP contribution in [-0.4, -0.2) is 35.9 Å². The Labute approximate surface area is 141 Å². The van der Waals surface area contributed by atoms with Crippen LogP contribution >= 0.6 is 39.9 Å². The fourth-order valence-corrected chi connectivity index (χ4v) is 3.95. The molecule has 0 N–H and O–H groups in total. The summed E-state index contributed by atoms with van der Waals surface area (Å²) < 4.78 is 11.9. The molecule has 1 aromatic carbocycles. The summed E-state index contributed by atoms with van der Waals surface area (Å²) in [5.74, 6) is 1.17. The lowest BCUT2D eigenvalue weighted by Crippen LogP contribution is -2.27. The monoisotopic (exact) mass is 387 g/mol. The van der Waals surface area contributed by atoms with Gasteiger partial charge in [0.05, 0.1) is 23.6 Å². The molecule has 0 radical (unpaired) electrons. The van der Waals surface area contributed by atoms with E-state index in [1.165, 1.54) is 11.8 Å². The van der Waals surface area contributed by atoms with Gasteiger partial charge in [0.2, 0.25) is 0 Å². The van der Waals surface area contributed by atoms with Crippen LogP contribution in [0.2, 0.25) is 0 Å². The molecule has 1 saturated heterocycles. The maximum atomic E-state index is 12.2. The summed E-state index contributed by atoms with van der Waals surface area (Å²) in [7, 11) is 3.15. The van der Waals surface area contributed by atoms with Crippen molar-refractivity contribution in [1.29, 1.82) is 0 Å². The van der Waals surface area contributed by atoms with Gasteiger partial charge in [0.1, 0.15) is 4.32 Å². The number of hydrogen-bond donors (Lipinski definition) is 0. The van der Waals surface area contributed by atoms with E-state index < -0.39 is 0 Å². The molecule has 21 heavy (non-hydrogen) atoms. The summed E-state index contributed by atoms with van der Waals surface area (Å²) >= 11 is 9.95. The Bertz CT molecular complexity index is 631. The molecule has 0 bridgehead atoms. The van der Waals surface area contributed by atoms with Crippen LogP contribution in [0.1, 0.15) is 12.5 Å². The zero-order valence-electron chi connectivity index (χ0n) is 11.8. The van der Waals surface area contributed by atoms with Gasteiger partial charge in [0.15, 0.2) is 11.5 Å². The summed E-state index contributed by atoms with van der Waals surface area (Å²) in [6, 6.07) is 3.70. The van der Waals surface area contributed by atoms with Crippen molar-refractivity contribution in [3.8, 4) is 11.5 Å². The number of thiocarbonyl (C=S) groups is 1. The lowest BCUT2D eigenvalue weighted by molar-refractivity contribution is -0.121. The molecule has 7 heteroatoms. The second-order valence-corrected chi connectivity index (χ2v) is 6.69. The minimum Gasteiger partial charge on any atom is -0.493 e. The molecule has 112 valence electrons. The van der Waals surface area contributed by atoms with Crippen LogP contribution in [0.3, 0.4) is 0 Å². The smallest absolute Gasteiger partial charge is 0.266 e. The standard InChI is InChI=1S/C14H14BrNO3S2/c1-4-16-13(17)11(21-14(16)20)7-8-5-9(15)12(19-3)10(6-8)18-2/h5-7H,4H2,1-3H3/b11-7-. The van der Waals surface area contributed by atoms with Gasteiger partial charge in [-0.05, 0) is 46.6 Å². The number of likely N-dealkylation sites (N-methyl/N-ethyl adjacent to an activating group) is 1. The number of nitrogens with zero attached hydrogens (tertiary/aromatic N) is 1. The van der Waals surface area contributed by atoms with Crippen LogP contribution in [0.5, 0.6) is 11.5 Å². The van der Waals surface area contributed by atoms with Gasteiger partial charge in [0, 0.05) is 6.54 Å². The minimum absolute atomic E-state index is 0.0570. The van der Waals surface area contributed by atoms with Gasteiger partial charge >= 0.3 is 0 Å².